The summed E-state index contributed by atoms with van der Waals surface area (Å²) in [4.78, 5) is 21.7. The molecule has 0 saturated carbocycles. The van der Waals surface area contributed by atoms with E-state index in [0.717, 1.165) is 12.1 Å². The summed E-state index contributed by atoms with van der Waals surface area (Å²) in [6.45, 7) is 0. The minimum Gasteiger partial charge on any atom is -0.478 e. The van der Waals surface area contributed by atoms with Gasteiger partial charge in [0.2, 0.25) is 5.88 Å². The molecule has 7 nitrogen and oxygen atoms in total. The van der Waals surface area contributed by atoms with Crippen LogP contribution >= 0.6 is 0 Å². The number of nitrogens with one attached hydrogen (secondary N) is 1. The molecular weight excluding hydrogens is 331 g/mol. The molecule has 0 aliphatic rings. The van der Waals surface area contributed by atoms with Gasteiger partial charge in [0.25, 0.3) is 0 Å². The van der Waals surface area contributed by atoms with Crippen molar-refractivity contribution >= 4 is 17.1 Å². The van der Waals surface area contributed by atoms with E-state index in [0.29, 0.717) is 0 Å². The Bertz CT molecular complexity index is 908. The monoisotopic (exact) mass is 339 g/mol. The molecule has 0 atom stereocenters. The molecule has 0 fully saturated rings. The third-order valence-electron chi connectivity index (χ3n) is 2.85. The van der Waals surface area contributed by atoms with Crippen molar-refractivity contribution in [3.05, 3.63) is 42.2 Å². The van der Waals surface area contributed by atoms with Crippen molar-refractivity contribution in [2.24, 2.45) is 0 Å². The van der Waals surface area contributed by atoms with E-state index in [-0.39, 0.29) is 28.4 Å². The van der Waals surface area contributed by atoms with Crippen molar-refractivity contribution in [3.8, 4) is 17.4 Å². The zero-order chi connectivity index (χ0) is 17.3. The van der Waals surface area contributed by atoms with Crippen molar-refractivity contribution < 1.29 is 32.5 Å². The fraction of sp³-hybridized carbons (Fsp3) is 0.0714. The number of halogens is 3. The Morgan fingerprint density at radius 2 is 2.00 bits per heavy atom. The average molecular weight is 339 g/mol. The molecule has 124 valence electrons. The number of carbonyl (C=O) groups is 1. The van der Waals surface area contributed by atoms with Crippen LogP contribution in [0, 0.1) is 0 Å². The summed E-state index contributed by atoms with van der Waals surface area (Å²) in [5.41, 5.74) is 0.216. The van der Waals surface area contributed by atoms with Crippen LogP contribution in [0.5, 0.6) is 17.4 Å². The summed E-state index contributed by atoms with van der Waals surface area (Å²) in [6.07, 6.45) is -2.38. The lowest BCUT2D eigenvalue weighted by molar-refractivity contribution is -0.274. The molecule has 1 aromatic carbocycles. The number of hydrogen-bond acceptors (Lipinski definition) is 5. The first kappa shape index (κ1) is 15.6. The molecule has 0 spiro atoms. The standard InChI is InChI=1S/C14H8F3N3O4/c15-14(16,17)24-8-3-1-2-7(4-8)23-10-6-19-12-11(20-10)9(5-18-12)13(21)22/h1-6H,(H,18,19)(H,21,22). The fourth-order valence-corrected chi connectivity index (χ4v) is 1.94. The number of rotatable bonds is 4. The highest BCUT2D eigenvalue weighted by Crippen LogP contribution is 2.28. The summed E-state index contributed by atoms with van der Waals surface area (Å²) in [5, 5.41) is 9.05. The summed E-state index contributed by atoms with van der Waals surface area (Å²) in [6, 6.07) is 4.84. The third-order valence-corrected chi connectivity index (χ3v) is 2.85. The maximum absolute atomic E-state index is 12.2. The van der Waals surface area contributed by atoms with Crippen LogP contribution in [0.25, 0.3) is 11.2 Å². The normalized spacial score (nSPS) is 11.5. The van der Waals surface area contributed by atoms with Crippen molar-refractivity contribution in [1.82, 2.24) is 15.0 Å². The molecule has 2 N–H and O–H groups in total. The van der Waals surface area contributed by atoms with E-state index in [2.05, 4.69) is 19.7 Å². The largest absolute Gasteiger partial charge is 0.573 e. The van der Waals surface area contributed by atoms with Crippen molar-refractivity contribution in [3.63, 3.8) is 0 Å². The molecule has 0 saturated heterocycles. The number of alkyl halides is 3. The highest BCUT2D eigenvalue weighted by atomic mass is 19.4. The van der Waals surface area contributed by atoms with E-state index in [1.54, 1.807) is 0 Å². The first-order valence-electron chi connectivity index (χ1n) is 6.43. The first-order valence-corrected chi connectivity index (χ1v) is 6.43. The van der Waals surface area contributed by atoms with Crippen LogP contribution in [0.2, 0.25) is 0 Å². The molecule has 10 heteroatoms. The maximum atomic E-state index is 12.2. The van der Waals surface area contributed by atoms with Crippen LogP contribution < -0.4 is 9.47 Å². The van der Waals surface area contributed by atoms with Crippen LogP contribution in [0.3, 0.4) is 0 Å². The molecule has 0 aliphatic heterocycles. The highest BCUT2D eigenvalue weighted by molar-refractivity contribution is 6.00. The smallest absolute Gasteiger partial charge is 0.478 e. The summed E-state index contributed by atoms with van der Waals surface area (Å²) < 4.78 is 45.8. The van der Waals surface area contributed by atoms with Crippen molar-refractivity contribution in [1.29, 1.82) is 0 Å². The number of ether oxygens (including phenoxy) is 2. The number of aromatic carboxylic acids is 1. The number of aromatic nitrogens is 3. The Kier molecular flexibility index (Phi) is 3.72. The SMILES string of the molecule is O=C(O)c1c[nH]c2ncc(Oc3cccc(OC(F)(F)F)c3)nc12. The zero-order valence-corrected chi connectivity index (χ0v) is 11.7. The summed E-state index contributed by atoms with van der Waals surface area (Å²) in [7, 11) is 0. The molecule has 0 amide bonds. The van der Waals surface area contributed by atoms with E-state index < -0.39 is 18.1 Å². The number of carboxylic acid groups (broad SMARTS) is 1. The van der Waals surface area contributed by atoms with E-state index in [4.69, 9.17) is 9.84 Å². The number of benzene rings is 1. The van der Waals surface area contributed by atoms with Gasteiger partial charge in [0, 0.05) is 12.3 Å². The number of hydrogen-bond donors (Lipinski definition) is 2. The second-order valence-corrected chi connectivity index (χ2v) is 4.54. The van der Waals surface area contributed by atoms with Crippen molar-refractivity contribution in [2.45, 2.75) is 6.36 Å². The van der Waals surface area contributed by atoms with Gasteiger partial charge in [-0.05, 0) is 12.1 Å². The molecule has 3 rings (SSSR count). The molecule has 0 bridgehead atoms. The first-order chi connectivity index (χ1) is 11.3. The topological polar surface area (TPSA) is 97.3 Å². The Hall–Kier alpha value is -3.30. The van der Waals surface area contributed by atoms with Gasteiger partial charge in [-0.2, -0.15) is 0 Å². The molecule has 24 heavy (non-hydrogen) atoms. The lowest BCUT2D eigenvalue weighted by Crippen LogP contribution is -2.17. The number of H-pyrrole nitrogens is 1. The van der Waals surface area contributed by atoms with Crippen LogP contribution in [0.15, 0.2) is 36.7 Å². The van der Waals surface area contributed by atoms with Gasteiger partial charge in [-0.3, -0.25) is 0 Å². The average Bonchev–Trinajstić information content (AvgIpc) is 2.89. The van der Waals surface area contributed by atoms with Gasteiger partial charge in [0.1, 0.15) is 22.6 Å². The van der Waals surface area contributed by atoms with Gasteiger partial charge in [-0.25, -0.2) is 14.8 Å². The number of fused-ring (bicyclic) bond motifs is 1. The minimum atomic E-state index is -4.82. The van der Waals surface area contributed by atoms with Gasteiger partial charge >= 0.3 is 12.3 Å². The number of carboxylic acids is 1. The second kappa shape index (κ2) is 5.72. The zero-order valence-electron chi connectivity index (χ0n) is 11.7. The van der Waals surface area contributed by atoms with E-state index in [9.17, 15) is 18.0 Å². The highest BCUT2D eigenvalue weighted by Gasteiger charge is 2.31. The lowest BCUT2D eigenvalue weighted by Gasteiger charge is -2.10. The molecule has 2 aromatic heterocycles. The molecule has 0 aliphatic carbocycles. The lowest BCUT2D eigenvalue weighted by atomic mass is 10.3. The quantitative estimate of drug-likeness (QED) is 0.756. The Morgan fingerprint density at radius 3 is 2.71 bits per heavy atom. The third kappa shape index (κ3) is 3.37. The van der Waals surface area contributed by atoms with Gasteiger partial charge in [-0.1, -0.05) is 6.07 Å². The van der Waals surface area contributed by atoms with Crippen LogP contribution in [0.1, 0.15) is 10.4 Å². The van der Waals surface area contributed by atoms with Crippen LogP contribution in [-0.2, 0) is 0 Å². The van der Waals surface area contributed by atoms with Crippen LogP contribution in [-0.4, -0.2) is 32.4 Å². The van der Waals surface area contributed by atoms with Gasteiger partial charge < -0.3 is 19.6 Å². The van der Waals surface area contributed by atoms with E-state index in [1.165, 1.54) is 24.5 Å². The molecular formula is C14H8F3N3O4. The van der Waals surface area contributed by atoms with E-state index >= 15 is 0 Å². The maximum Gasteiger partial charge on any atom is 0.573 e. The minimum absolute atomic E-state index is 0.0258. The van der Waals surface area contributed by atoms with E-state index in [1.807, 2.05) is 0 Å². The fourth-order valence-electron chi connectivity index (χ4n) is 1.94. The number of aromatic amines is 1. The number of nitrogens with zero attached hydrogens (tertiary/aromatic N) is 2. The molecule has 0 radical (unpaired) electrons. The molecule has 2 heterocycles. The Balaban J connectivity index is 1.88. The second-order valence-electron chi connectivity index (χ2n) is 4.54. The Labute approximate surface area is 131 Å². The van der Waals surface area contributed by atoms with Crippen LogP contribution in [0.4, 0.5) is 13.2 Å². The summed E-state index contributed by atoms with van der Waals surface area (Å²) in [5.74, 6) is -1.71. The predicted octanol–water partition coefficient (Wildman–Crippen LogP) is 3.35. The summed E-state index contributed by atoms with van der Waals surface area (Å²) >= 11 is 0. The Morgan fingerprint density at radius 1 is 1.25 bits per heavy atom. The molecule has 3 aromatic rings. The van der Waals surface area contributed by atoms with Gasteiger partial charge in [-0.15, -0.1) is 13.2 Å². The molecule has 0 unspecified atom stereocenters. The predicted molar refractivity (Wildman–Crippen MR) is 74.0 cm³/mol. The van der Waals surface area contributed by atoms with Crippen molar-refractivity contribution in [2.75, 3.05) is 0 Å². The van der Waals surface area contributed by atoms with Gasteiger partial charge in [0.15, 0.2) is 5.65 Å². The van der Waals surface area contributed by atoms with Gasteiger partial charge in [0.05, 0.1) is 6.20 Å².